The van der Waals surface area contributed by atoms with Gasteiger partial charge in [-0.25, -0.2) is 9.36 Å². The summed E-state index contributed by atoms with van der Waals surface area (Å²) in [6.07, 6.45) is 0. The van der Waals surface area contributed by atoms with Crippen molar-refractivity contribution in [1.82, 2.24) is 9.13 Å². The van der Waals surface area contributed by atoms with Gasteiger partial charge < -0.3 is 5.73 Å². The summed E-state index contributed by atoms with van der Waals surface area (Å²) in [6, 6.07) is 0. The van der Waals surface area contributed by atoms with Gasteiger partial charge in [0.25, 0.3) is 5.56 Å². The first kappa shape index (κ1) is 11.9. The summed E-state index contributed by atoms with van der Waals surface area (Å²) < 4.78 is 1.87. The van der Waals surface area contributed by atoms with Crippen molar-refractivity contribution in [3.8, 4) is 0 Å². The van der Waals surface area contributed by atoms with Crippen molar-refractivity contribution >= 4 is 21.8 Å². The van der Waals surface area contributed by atoms with E-state index in [1.165, 1.54) is 14.0 Å². The van der Waals surface area contributed by atoms with Crippen LogP contribution in [0.15, 0.2) is 14.2 Å². The Morgan fingerprint density at radius 3 is 2.47 bits per heavy atom. The molecule has 1 aromatic rings. The van der Waals surface area contributed by atoms with Gasteiger partial charge in [0.2, 0.25) is 5.91 Å². The van der Waals surface area contributed by atoms with E-state index in [1.807, 2.05) is 0 Å². The molecule has 0 atom stereocenters. The number of rotatable bonds is 1. The molecule has 0 unspecified atom stereocenters. The van der Waals surface area contributed by atoms with Crippen LogP contribution in [0.1, 0.15) is 10.4 Å². The highest BCUT2D eigenvalue weighted by atomic mass is 79.9. The van der Waals surface area contributed by atoms with Crippen molar-refractivity contribution < 1.29 is 4.79 Å². The third kappa shape index (κ3) is 1.80. The lowest BCUT2D eigenvalue weighted by Crippen LogP contribution is -2.43. The molecule has 82 valence electrons. The highest BCUT2D eigenvalue weighted by Gasteiger charge is 2.16. The molecule has 0 aliphatic heterocycles. The molecule has 0 radical (unpaired) electrons. The fourth-order valence-corrected chi connectivity index (χ4v) is 1.65. The van der Waals surface area contributed by atoms with Crippen molar-refractivity contribution in [1.29, 1.82) is 0 Å². The Morgan fingerprint density at radius 2 is 2.00 bits per heavy atom. The summed E-state index contributed by atoms with van der Waals surface area (Å²) in [5.74, 6) is -0.564. The topological polar surface area (TPSA) is 87.1 Å². The minimum atomic E-state index is -0.701. The first-order valence-corrected chi connectivity index (χ1v) is 4.92. The van der Waals surface area contributed by atoms with Crippen LogP contribution in [-0.2, 0) is 7.05 Å². The molecule has 1 rings (SSSR count). The van der Waals surface area contributed by atoms with Crippen LogP contribution in [0.2, 0.25) is 0 Å². The molecule has 15 heavy (non-hydrogen) atoms. The number of carbonyl (C=O) groups excluding carboxylic acids is 1. The van der Waals surface area contributed by atoms with E-state index in [0.717, 1.165) is 9.13 Å². The molecule has 7 heteroatoms. The van der Waals surface area contributed by atoms with Gasteiger partial charge in [0.15, 0.2) is 0 Å². The third-order valence-corrected chi connectivity index (χ3v) is 2.98. The maximum absolute atomic E-state index is 11.6. The average molecular weight is 276 g/mol. The predicted octanol–water partition coefficient (Wildman–Crippen LogP) is -0.783. The van der Waals surface area contributed by atoms with Gasteiger partial charge >= 0.3 is 5.69 Å². The molecule has 0 saturated carbocycles. The van der Waals surface area contributed by atoms with Crippen LogP contribution < -0.4 is 17.0 Å². The van der Waals surface area contributed by atoms with E-state index in [-0.39, 0.29) is 11.1 Å². The standard InChI is InChI=1S/C8H10BrN3O3/c1-4-6(9)12(5(13)3-10)8(15)11(2)7(4)14/h3,10H2,1-2H3. The van der Waals surface area contributed by atoms with Crippen molar-refractivity contribution in [2.45, 2.75) is 6.92 Å². The Balaban J connectivity index is 3.76. The lowest BCUT2D eigenvalue weighted by Gasteiger charge is -2.09. The SMILES string of the molecule is Cc1c(Br)n(C(=O)CN)c(=O)n(C)c1=O. The molecule has 0 aromatic carbocycles. The second kappa shape index (κ2) is 4.11. The zero-order chi connectivity index (χ0) is 11.7. The molecule has 0 aliphatic rings. The number of halogens is 1. The lowest BCUT2D eigenvalue weighted by molar-refractivity contribution is 0.0912. The maximum atomic E-state index is 11.6. The molecule has 1 heterocycles. The van der Waals surface area contributed by atoms with Gasteiger partial charge in [0, 0.05) is 12.6 Å². The Morgan fingerprint density at radius 1 is 1.47 bits per heavy atom. The van der Waals surface area contributed by atoms with E-state index >= 15 is 0 Å². The number of aromatic nitrogens is 2. The van der Waals surface area contributed by atoms with Crippen molar-refractivity contribution in [3.63, 3.8) is 0 Å². The van der Waals surface area contributed by atoms with Gasteiger partial charge in [-0.1, -0.05) is 0 Å². The summed E-state index contributed by atoms with van der Waals surface area (Å²) in [5.41, 5.74) is 4.32. The zero-order valence-electron chi connectivity index (χ0n) is 8.28. The average Bonchev–Trinajstić information content (AvgIpc) is 2.23. The summed E-state index contributed by atoms with van der Waals surface area (Å²) in [5, 5.41) is 0. The minimum Gasteiger partial charge on any atom is -0.322 e. The first-order chi connectivity index (χ1) is 6.91. The van der Waals surface area contributed by atoms with Crippen LogP contribution in [0.4, 0.5) is 0 Å². The van der Waals surface area contributed by atoms with E-state index in [0.29, 0.717) is 5.56 Å². The number of hydrogen-bond acceptors (Lipinski definition) is 4. The van der Waals surface area contributed by atoms with Crippen molar-refractivity contribution in [2.24, 2.45) is 12.8 Å². The van der Waals surface area contributed by atoms with Gasteiger partial charge in [0.05, 0.1) is 6.54 Å². The van der Waals surface area contributed by atoms with Crippen molar-refractivity contribution in [3.05, 3.63) is 31.0 Å². The molecule has 0 aliphatic carbocycles. The van der Waals surface area contributed by atoms with E-state index in [9.17, 15) is 14.4 Å². The Hall–Kier alpha value is -1.21. The predicted molar refractivity (Wildman–Crippen MR) is 58.1 cm³/mol. The van der Waals surface area contributed by atoms with E-state index in [1.54, 1.807) is 0 Å². The fourth-order valence-electron chi connectivity index (χ4n) is 1.14. The van der Waals surface area contributed by atoms with Gasteiger partial charge in [-0.05, 0) is 22.9 Å². The zero-order valence-corrected chi connectivity index (χ0v) is 9.87. The molecular weight excluding hydrogens is 266 g/mol. The number of nitrogens with zero attached hydrogens (tertiary/aromatic N) is 2. The monoisotopic (exact) mass is 275 g/mol. The first-order valence-electron chi connectivity index (χ1n) is 4.13. The fraction of sp³-hybridized carbons (Fsp3) is 0.375. The second-order valence-corrected chi connectivity index (χ2v) is 3.75. The highest BCUT2D eigenvalue weighted by Crippen LogP contribution is 2.08. The summed E-state index contributed by atoms with van der Waals surface area (Å²) in [6.45, 7) is 1.22. The molecule has 1 aromatic heterocycles. The van der Waals surface area contributed by atoms with Crippen LogP contribution in [0.25, 0.3) is 0 Å². The molecule has 0 fully saturated rings. The quantitative estimate of drug-likeness (QED) is 0.681. The Labute approximate surface area is 93.4 Å². The Bertz CT molecular complexity index is 529. The minimum absolute atomic E-state index is 0.158. The summed E-state index contributed by atoms with van der Waals surface area (Å²) >= 11 is 3.03. The summed E-state index contributed by atoms with van der Waals surface area (Å²) in [7, 11) is 1.31. The van der Waals surface area contributed by atoms with E-state index in [2.05, 4.69) is 15.9 Å². The van der Waals surface area contributed by atoms with E-state index in [4.69, 9.17) is 5.73 Å². The molecular formula is C8H10BrN3O3. The van der Waals surface area contributed by atoms with Crippen LogP contribution in [-0.4, -0.2) is 21.6 Å². The Kier molecular flexibility index (Phi) is 3.25. The maximum Gasteiger partial charge on any atom is 0.338 e. The molecule has 0 spiro atoms. The normalized spacial score (nSPS) is 10.4. The number of nitrogens with two attached hydrogens (primary N) is 1. The lowest BCUT2D eigenvalue weighted by atomic mass is 10.4. The smallest absolute Gasteiger partial charge is 0.322 e. The van der Waals surface area contributed by atoms with Gasteiger partial charge in [-0.2, -0.15) is 0 Å². The molecule has 2 N–H and O–H groups in total. The van der Waals surface area contributed by atoms with Gasteiger partial charge in [-0.15, -0.1) is 0 Å². The molecule has 0 saturated heterocycles. The second-order valence-electron chi connectivity index (χ2n) is 3.00. The number of carbonyl (C=O) groups is 1. The molecule has 0 bridgehead atoms. The van der Waals surface area contributed by atoms with Crippen LogP contribution in [0.5, 0.6) is 0 Å². The largest absolute Gasteiger partial charge is 0.338 e. The molecule has 0 amide bonds. The molecule has 6 nitrogen and oxygen atoms in total. The summed E-state index contributed by atoms with van der Waals surface area (Å²) in [4.78, 5) is 34.4. The third-order valence-electron chi connectivity index (χ3n) is 2.03. The van der Waals surface area contributed by atoms with Gasteiger partial charge in [-0.3, -0.25) is 14.2 Å². The highest BCUT2D eigenvalue weighted by molar-refractivity contribution is 9.10. The number of hydrogen-bond donors (Lipinski definition) is 1. The van der Waals surface area contributed by atoms with Crippen LogP contribution >= 0.6 is 15.9 Å². The van der Waals surface area contributed by atoms with Crippen LogP contribution in [0.3, 0.4) is 0 Å². The van der Waals surface area contributed by atoms with Crippen LogP contribution in [0, 0.1) is 6.92 Å². The van der Waals surface area contributed by atoms with Gasteiger partial charge in [0.1, 0.15) is 4.60 Å². The van der Waals surface area contributed by atoms with E-state index < -0.39 is 17.2 Å². The van der Waals surface area contributed by atoms with Crippen molar-refractivity contribution in [2.75, 3.05) is 6.54 Å².